The van der Waals surface area contributed by atoms with Gasteiger partial charge in [0.25, 0.3) is 11.6 Å². The predicted octanol–water partition coefficient (Wildman–Crippen LogP) is 3.95. The van der Waals surface area contributed by atoms with Gasteiger partial charge in [-0.2, -0.15) is 0 Å². The Hall–Kier alpha value is -3.35. The van der Waals surface area contributed by atoms with Gasteiger partial charge in [-0.15, -0.1) is 10.2 Å². The molecule has 0 spiro atoms. The smallest absolute Gasteiger partial charge is 0.282 e. The Morgan fingerprint density at radius 3 is 2.52 bits per heavy atom. The van der Waals surface area contributed by atoms with Crippen LogP contribution in [0.15, 0.2) is 52.9 Å². The average Bonchev–Trinajstić information content (AvgIpc) is 3.03. The molecule has 0 amide bonds. The number of para-hydroxylation sites is 1. The lowest BCUT2D eigenvalue weighted by Gasteiger charge is -1.96. The molecule has 0 fully saturated rings. The fourth-order valence-corrected chi connectivity index (χ4v) is 1.97. The van der Waals surface area contributed by atoms with Crippen molar-refractivity contribution in [3.05, 3.63) is 75.9 Å². The third-order valence-corrected chi connectivity index (χ3v) is 3.06. The molecule has 1 aromatic heterocycles. The molecule has 0 radical (unpaired) electrons. The molecule has 0 unspecified atom stereocenters. The van der Waals surface area contributed by atoms with Crippen LogP contribution in [-0.2, 0) is 0 Å². The highest BCUT2D eigenvalue weighted by Gasteiger charge is 2.18. The second-order valence-corrected chi connectivity index (χ2v) is 4.60. The second-order valence-electron chi connectivity index (χ2n) is 4.60. The van der Waals surface area contributed by atoms with Gasteiger partial charge in [-0.05, 0) is 29.8 Å². The van der Waals surface area contributed by atoms with Crippen LogP contribution in [0.3, 0.4) is 0 Å². The van der Waals surface area contributed by atoms with E-state index in [0.717, 1.165) is 5.56 Å². The van der Waals surface area contributed by atoms with E-state index in [1.807, 2.05) is 0 Å². The zero-order valence-electron chi connectivity index (χ0n) is 11.7. The number of benzene rings is 2. The highest BCUT2D eigenvalue weighted by molar-refractivity contribution is 5.69. The molecule has 0 aliphatic heterocycles. The Kier molecular flexibility index (Phi) is 3.92. The predicted molar refractivity (Wildman–Crippen MR) is 81.7 cm³/mol. The standard InChI is InChI=1S/C16H10FN3O3/c17-12-8-5-11(6-9-12)7-10-15-18-19-16(23-15)13-3-1-2-4-14(13)20(21)22/h1-10H. The first-order valence-electron chi connectivity index (χ1n) is 6.64. The van der Waals surface area contributed by atoms with Crippen molar-refractivity contribution >= 4 is 17.8 Å². The molecule has 3 aromatic rings. The molecule has 0 saturated carbocycles. The molecule has 0 aliphatic rings. The van der Waals surface area contributed by atoms with Gasteiger partial charge in [-0.1, -0.05) is 24.3 Å². The van der Waals surface area contributed by atoms with Gasteiger partial charge in [0.1, 0.15) is 11.4 Å². The number of rotatable bonds is 4. The van der Waals surface area contributed by atoms with E-state index < -0.39 is 4.92 Å². The highest BCUT2D eigenvalue weighted by atomic mass is 19.1. The van der Waals surface area contributed by atoms with E-state index in [2.05, 4.69) is 10.2 Å². The maximum Gasteiger partial charge on any atom is 0.282 e. The maximum atomic E-state index is 12.8. The van der Waals surface area contributed by atoms with E-state index in [1.54, 1.807) is 42.5 Å². The number of hydrogen-bond acceptors (Lipinski definition) is 5. The van der Waals surface area contributed by atoms with Crippen LogP contribution in [0.5, 0.6) is 0 Å². The number of halogens is 1. The number of nitro benzene ring substituents is 1. The van der Waals surface area contributed by atoms with Crippen molar-refractivity contribution in [2.24, 2.45) is 0 Å². The van der Waals surface area contributed by atoms with E-state index >= 15 is 0 Å². The van der Waals surface area contributed by atoms with E-state index in [0.29, 0.717) is 0 Å². The van der Waals surface area contributed by atoms with E-state index in [-0.39, 0.29) is 28.8 Å². The van der Waals surface area contributed by atoms with E-state index in [4.69, 9.17) is 4.42 Å². The molecule has 0 bridgehead atoms. The molecular formula is C16H10FN3O3. The van der Waals surface area contributed by atoms with Crippen molar-refractivity contribution in [2.75, 3.05) is 0 Å². The molecule has 0 atom stereocenters. The Bertz CT molecular complexity index is 872. The van der Waals surface area contributed by atoms with Crippen LogP contribution in [0.1, 0.15) is 11.5 Å². The Morgan fingerprint density at radius 2 is 1.78 bits per heavy atom. The molecule has 0 saturated heterocycles. The Balaban J connectivity index is 1.86. The van der Waals surface area contributed by atoms with Gasteiger partial charge >= 0.3 is 0 Å². The number of nitrogens with zero attached hydrogens (tertiary/aromatic N) is 3. The summed E-state index contributed by atoms with van der Waals surface area (Å²) in [6.45, 7) is 0. The molecule has 1 heterocycles. The first-order chi connectivity index (χ1) is 11.1. The summed E-state index contributed by atoms with van der Waals surface area (Å²) < 4.78 is 18.2. The Morgan fingerprint density at radius 1 is 1.04 bits per heavy atom. The van der Waals surface area contributed by atoms with Crippen LogP contribution in [0.2, 0.25) is 0 Å². The Labute approximate surface area is 130 Å². The normalized spacial score (nSPS) is 11.0. The van der Waals surface area contributed by atoms with Gasteiger partial charge in [0, 0.05) is 12.1 Å². The zero-order valence-corrected chi connectivity index (χ0v) is 11.7. The summed E-state index contributed by atoms with van der Waals surface area (Å²) in [5, 5.41) is 18.7. The third-order valence-electron chi connectivity index (χ3n) is 3.06. The molecule has 23 heavy (non-hydrogen) atoms. The van der Waals surface area contributed by atoms with Gasteiger partial charge in [0.05, 0.1) is 4.92 Å². The summed E-state index contributed by atoms with van der Waals surface area (Å²) in [5.74, 6) is -0.0582. The topological polar surface area (TPSA) is 82.1 Å². The summed E-state index contributed by atoms with van der Waals surface area (Å²) in [6, 6.07) is 12.0. The van der Waals surface area contributed by atoms with Crippen LogP contribution < -0.4 is 0 Å². The lowest BCUT2D eigenvalue weighted by Crippen LogP contribution is -1.91. The average molecular weight is 311 g/mol. The van der Waals surface area contributed by atoms with Crippen LogP contribution in [0, 0.1) is 15.9 Å². The number of hydrogen-bond donors (Lipinski definition) is 0. The number of nitro groups is 1. The van der Waals surface area contributed by atoms with Crippen molar-refractivity contribution in [1.29, 1.82) is 0 Å². The third kappa shape index (κ3) is 3.29. The maximum absolute atomic E-state index is 12.8. The first kappa shape index (κ1) is 14.6. The molecule has 7 heteroatoms. The molecule has 114 valence electrons. The second kappa shape index (κ2) is 6.18. The highest BCUT2D eigenvalue weighted by Crippen LogP contribution is 2.28. The minimum absolute atomic E-state index is 0.0658. The summed E-state index contributed by atoms with van der Waals surface area (Å²) in [7, 11) is 0. The van der Waals surface area contributed by atoms with Crippen LogP contribution in [-0.4, -0.2) is 15.1 Å². The SMILES string of the molecule is O=[N+]([O-])c1ccccc1-c1nnc(C=Cc2ccc(F)cc2)o1. The van der Waals surface area contributed by atoms with Crippen molar-refractivity contribution in [1.82, 2.24) is 10.2 Å². The summed E-state index contributed by atoms with van der Waals surface area (Å²) in [6.07, 6.45) is 3.23. The lowest BCUT2D eigenvalue weighted by molar-refractivity contribution is -0.384. The fourth-order valence-electron chi connectivity index (χ4n) is 1.97. The van der Waals surface area contributed by atoms with Crippen molar-refractivity contribution < 1.29 is 13.7 Å². The summed E-state index contributed by atoms with van der Waals surface area (Å²) >= 11 is 0. The van der Waals surface area contributed by atoms with Crippen molar-refractivity contribution in [2.45, 2.75) is 0 Å². The molecule has 0 aliphatic carbocycles. The van der Waals surface area contributed by atoms with Crippen LogP contribution in [0.25, 0.3) is 23.6 Å². The van der Waals surface area contributed by atoms with Crippen molar-refractivity contribution in [3.63, 3.8) is 0 Å². The fraction of sp³-hybridized carbons (Fsp3) is 0. The quantitative estimate of drug-likeness (QED) is 0.538. The minimum Gasteiger partial charge on any atom is -0.417 e. The van der Waals surface area contributed by atoms with E-state index in [9.17, 15) is 14.5 Å². The summed E-state index contributed by atoms with van der Waals surface area (Å²) in [4.78, 5) is 10.5. The molecule has 6 nitrogen and oxygen atoms in total. The largest absolute Gasteiger partial charge is 0.417 e. The minimum atomic E-state index is -0.506. The molecule has 3 rings (SSSR count). The number of aromatic nitrogens is 2. The first-order valence-corrected chi connectivity index (χ1v) is 6.64. The lowest BCUT2D eigenvalue weighted by atomic mass is 10.2. The molecule has 0 N–H and O–H groups in total. The zero-order chi connectivity index (χ0) is 16.2. The van der Waals surface area contributed by atoms with Gasteiger partial charge in [-0.25, -0.2) is 4.39 Å². The monoisotopic (exact) mass is 311 g/mol. The van der Waals surface area contributed by atoms with Gasteiger partial charge < -0.3 is 4.42 Å². The van der Waals surface area contributed by atoms with Crippen LogP contribution in [0.4, 0.5) is 10.1 Å². The molecular weight excluding hydrogens is 301 g/mol. The molecule has 2 aromatic carbocycles. The van der Waals surface area contributed by atoms with Gasteiger partial charge in [0.2, 0.25) is 5.89 Å². The van der Waals surface area contributed by atoms with Crippen LogP contribution >= 0.6 is 0 Å². The van der Waals surface area contributed by atoms with Gasteiger partial charge in [0.15, 0.2) is 0 Å². The van der Waals surface area contributed by atoms with E-state index in [1.165, 1.54) is 18.2 Å². The van der Waals surface area contributed by atoms with Crippen molar-refractivity contribution in [3.8, 4) is 11.5 Å². The van der Waals surface area contributed by atoms with Gasteiger partial charge in [-0.3, -0.25) is 10.1 Å². The summed E-state index contributed by atoms with van der Waals surface area (Å²) in [5.41, 5.74) is 0.911.